The number of thioether (sulfide) groups is 1. The maximum atomic E-state index is 5.53. The van der Waals surface area contributed by atoms with Gasteiger partial charge in [-0.1, -0.05) is 6.92 Å². The number of aryl methyl sites for hydroxylation is 2. The fourth-order valence-corrected chi connectivity index (χ4v) is 1.93. The van der Waals surface area contributed by atoms with Crippen LogP contribution in [0.3, 0.4) is 0 Å². The summed E-state index contributed by atoms with van der Waals surface area (Å²) < 4.78 is 0. The summed E-state index contributed by atoms with van der Waals surface area (Å²) in [6.07, 6.45) is 0. The summed E-state index contributed by atoms with van der Waals surface area (Å²) in [4.78, 5) is 8.53. The van der Waals surface area contributed by atoms with Crippen LogP contribution in [-0.2, 0) is 0 Å². The van der Waals surface area contributed by atoms with Gasteiger partial charge in [0, 0.05) is 17.5 Å². The number of rotatable bonds is 3. The van der Waals surface area contributed by atoms with Crippen LogP contribution in [0.15, 0.2) is 11.1 Å². The Morgan fingerprint density at radius 2 is 2.15 bits per heavy atom. The summed E-state index contributed by atoms with van der Waals surface area (Å²) in [5.74, 6) is 0.826. The van der Waals surface area contributed by atoms with E-state index in [0.717, 1.165) is 16.5 Å². The molecule has 13 heavy (non-hydrogen) atoms. The molecule has 0 radical (unpaired) electrons. The van der Waals surface area contributed by atoms with Gasteiger partial charge in [0.25, 0.3) is 0 Å². The fraction of sp³-hybridized carbons (Fsp3) is 0.556. The van der Waals surface area contributed by atoms with Gasteiger partial charge in [-0.05, 0) is 19.9 Å². The Labute approximate surface area is 83.2 Å². The van der Waals surface area contributed by atoms with E-state index in [9.17, 15) is 0 Å². The van der Waals surface area contributed by atoms with E-state index >= 15 is 0 Å². The van der Waals surface area contributed by atoms with Crippen molar-refractivity contribution < 1.29 is 0 Å². The first-order chi connectivity index (χ1) is 6.11. The summed E-state index contributed by atoms with van der Waals surface area (Å²) in [6, 6.07) is 1.99. The van der Waals surface area contributed by atoms with Crippen LogP contribution in [0.2, 0.25) is 0 Å². The third-order valence-electron chi connectivity index (χ3n) is 1.60. The van der Waals surface area contributed by atoms with Crippen LogP contribution in [0.1, 0.15) is 18.4 Å². The van der Waals surface area contributed by atoms with E-state index in [1.807, 2.05) is 19.9 Å². The minimum Gasteiger partial charge on any atom is -0.329 e. The van der Waals surface area contributed by atoms with Crippen molar-refractivity contribution in [2.45, 2.75) is 31.0 Å². The van der Waals surface area contributed by atoms with Crippen molar-refractivity contribution in [1.29, 1.82) is 0 Å². The highest BCUT2D eigenvalue weighted by Crippen LogP contribution is 2.20. The van der Waals surface area contributed by atoms with Crippen LogP contribution in [0.25, 0.3) is 0 Å². The van der Waals surface area contributed by atoms with Gasteiger partial charge in [-0.15, -0.1) is 11.8 Å². The summed E-state index contributed by atoms with van der Waals surface area (Å²) >= 11 is 1.70. The first kappa shape index (κ1) is 10.5. The quantitative estimate of drug-likeness (QED) is 0.590. The summed E-state index contributed by atoms with van der Waals surface area (Å²) in [7, 11) is 0. The lowest BCUT2D eigenvalue weighted by Gasteiger charge is -2.07. The molecule has 0 amide bonds. The zero-order chi connectivity index (χ0) is 9.84. The van der Waals surface area contributed by atoms with Crippen LogP contribution in [-0.4, -0.2) is 21.8 Å². The van der Waals surface area contributed by atoms with Crippen molar-refractivity contribution in [3.8, 4) is 0 Å². The lowest BCUT2D eigenvalue weighted by Crippen LogP contribution is -2.12. The van der Waals surface area contributed by atoms with E-state index in [4.69, 9.17) is 5.73 Å². The molecule has 1 unspecified atom stereocenters. The molecule has 0 bridgehead atoms. The Morgan fingerprint density at radius 3 is 2.69 bits per heavy atom. The molecule has 0 saturated heterocycles. The van der Waals surface area contributed by atoms with E-state index < -0.39 is 0 Å². The van der Waals surface area contributed by atoms with E-state index in [1.165, 1.54) is 0 Å². The Kier molecular flexibility index (Phi) is 3.69. The Hall–Kier alpha value is -0.610. The molecule has 0 fully saturated rings. The van der Waals surface area contributed by atoms with Gasteiger partial charge in [-0.2, -0.15) is 0 Å². The van der Waals surface area contributed by atoms with Crippen LogP contribution in [0.4, 0.5) is 0 Å². The first-order valence-corrected chi connectivity index (χ1v) is 5.19. The Bertz CT molecular complexity index is 268. The number of aromatic nitrogens is 2. The molecule has 72 valence electrons. The van der Waals surface area contributed by atoms with Crippen LogP contribution in [0, 0.1) is 13.8 Å². The van der Waals surface area contributed by atoms with Gasteiger partial charge in [-0.25, -0.2) is 9.97 Å². The number of nitrogens with two attached hydrogens (primary N) is 1. The molecule has 1 rings (SSSR count). The molecule has 1 aromatic rings. The smallest absolute Gasteiger partial charge is 0.126 e. The molecular formula is C9H15N3S. The lowest BCUT2D eigenvalue weighted by atomic mass is 10.4. The summed E-state index contributed by atoms with van der Waals surface area (Å²) in [6.45, 7) is 6.65. The average molecular weight is 197 g/mol. The SMILES string of the molecule is Cc1cc(SC(C)CN)nc(C)n1. The molecule has 4 heteroatoms. The fourth-order valence-electron chi connectivity index (χ4n) is 0.998. The number of nitrogens with zero attached hydrogens (tertiary/aromatic N) is 2. The van der Waals surface area contributed by atoms with Crippen LogP contribution < -0.4 is 5.73 Å². The topological polar surface area (TPSA) is 51.8 Å². The van der Waals surface area contributed by atoms with Crippen molar-refractivity contribution in [2.24, 2.45) is 5.73 Å². The van der Waals surface area contributed by atoms with Crippen LogP contribution in [0.5, 0.6) is 0 Å². The van der Waals surface area contributed by atoms with Gasteiger partial charge in [0.2, 0.25) is 0 Å². The van der Waals surface area contributed by atoms with Gasteiger partial charge in [-0.3, -0.25) is 0 Å². The second kappa shape index (κ2) is 4.58. The van der Waals surface area contributed by atoms with Gasteiger partial charge in [0.05, 0.1) is 0 Å². The molecular weight excluding hydrogens is 182 g/mol. The normalized spacial score (nSPS) is 12.9. The van der Waals surface area contributed by atoms with Gasteiger partial charge >= 0.3 is 0 Å². The van der Waals surface area contributed by atoms with Gasteiger partial charge < -0.3 is 5.73 Å². The van der Waals surface area contributed by atoms with Crippen LogP contribution >= 0.6 is 11.8 Å². The third kappa shape index (κ3) is 3.32. The molecule has 0 aliphatic heterocycles. The monoisotopic (exact) mass is 197 g/mol. The molecule has 1 aromatic heterocycles. The summed E-state index contributed by atoms with van der Waals surface area (Å²) in [5, 5.41) is 1.43. The highest BCUT2D eigenvalue weighted by molar-refractivity contribution is 7.99. The maximum Gasteiger partial charge on any atom is 0.126 e. The van der Waals surface area contributed by atoms with Crippen molar-refractivity contribution in [1.82, 2.24) is 9.97 Å². The predicted octanol–water partition coefficient (Wildman–Crippen LogP) is 1.53. The zero-order valence-electron chi connectivity index (χ0n) is 8.24. The number of hydrogen-bond acceptors (Lipinski definition) is 4. The Morgan fingerprint density at radius 1 is 1.46 bits per heavy atom. The van der Waals surface area contributed by atoms with Gasteiger partial charge in [0.15, 0.2) is 0 Å². The van der Waals surface area contributed by atoms with Gasteiger partial charge in [0.1, 0.15) is 10.9 Å². The molecule has 0 aliphatic rings. The van der Waals surface area contributed by atoms with E-state index in [-0.39, 0.29) is 0 Å². The third-order valence-corrected chi connectivity index (χ3v) is 2.64. The first-order valence-electron chi connectivity index (χ1n) is 4.31. The van der Waals surface area contributed by atoms with Crippen molar-refractivity contribution in [3.05, 3.63) is 17.6 Å². The zero-order valence-corrected chi connectivity index (χ0v) is 9.06. The van der Waals surface area contributed by atoms with E-state index in [0.29, 0.717) is 11.8 Å². The molecule has 1 heterocycles. The summed E-state index contributed by atoms with van der Waals surface area (Å²) in [5.41, 5.74) is 6.54. The maximum absolute atomic E-state index is 5.53. The molecule has 0 aliphatic carbocycles. The van der Waals surface area contributed by atoms with E-state index in [1.54, 1.807) is 11.8 Å². The number of hydrogen-bond donors (Lipinski definition) is 1. The molecule has 0 aromatic carbocycles. The molecule has 2 N–H and O–H groups in total. The largest absolute Gasteiger partial charge is 0.329 e. The lowest BCUT2D eigenvalue weighted by molar-refractivity contribution is 0.913. The highest BCUT2D eigenvalue weighted by Gasteiger charge is 2.04. The minimum atomic E-state index is 0.411. The predicted molar refractivity (Wildman–Crippen MR) is 55.9 cm³/mol. The molecule has 3 nitrogen and oxygen atoms in total. The molecule has 0 saturated carbocycles. The highest BCUT2D eigenvalue weighted by atomic mass is 32.2. The molecule has 0 spiro atoms. The van der Waals surface area contributed by atoms with Crippen molar-refractivity contribution in [3.63, 3.8) is 0 Å². The average Bonchev–Trinajstić information content (AvgIpc) is 2.02. The van der Waals surface area contributed by atoms with Crippen molar-refractivity contribution >= 4 is 11.8 Å². The Balaban J connectivity index is 2.77. The van der Waals surface area contributed by atoms with E-state index in [2.05, 4.69) is 16.9 Å². The molecule has 1 atom stereocenters. The standard InChI is InChI=1S/C9H15N3S/c1-6-4-9(12-8(3)11-6)13-7(2)5-10/h4,7H,5,10H2,1-3H3. The second-order valence-corrected chi connectivity index (χ2v) is 4.52. The minimum absolute atomic E-state index is 0.411. The van der Waals surface area contributed by atoms with Crippen molar-refractivity contribution in [2.75, 3.05) is 6.54 Å². The second-order valence-electron chi connectivity index (χ2n) is 3.06.